The minimum absolute atomic E-state index is 0.0899. The summed E-state index contributed by atoms with van der Waals surface area (Å²) in [6.07, 6.45) is -5.08. The Labute approximate surface area is 108 Å². The number of ether oxygens (including phenoxy) is 2. The lowest BCUT2D eigenvalue weighted by Gasteiger charge is -2.34. The third-order valence-electron chi connectivity index (χ3n) is 2.75. The van der Waals surface area contributed by atoms with Gasteiger partial charge in [0, 0.05) is 12.1 Å². The van der Waals surface area contributed by atoms with Crippen molar-refractivity contribution in [1.82, 2.24) is 0 Å². The monoisotopic (exact) mass is 271 g/mol. The van der Waals surface area contributed by atoms with Gasteiger partial charge < -0.3 is 24.8 Å². The molecule has 4 unspecified atom stereocenters. The van der Waals surface area contributed by atoms with Crippen LogP contribution < -0.4 is 4.74 Å². The first kappa shape index (κ1) is 13.7. The van der Waals surface area contributed by atoms with Crippen molar-refractivity contribution in [3.05, 3.63) is 34.4 Å². The molecule has 4 atom stereocenters. The van der Waals surface area contributed by atoms with Crippen LogP contribution in [0.25, 0.3) is 0 Å². The van der Waals surface area contributed by atoms with Crippen LogP contribution in [-0.4, -0.2) is 51.5 Å². The van der Waals surface area contributed by atoms with Crippen LogP contribution in [0.5, 0.6) is 5.75 Å². The molecule has 0 spiro atoms. The van der Waals surface area contributed by atoms with E-state index < -0.39 is 29.5 Å². The first-order valence-corrected chi connectivity index (χ1v) is 5.56. The molecule has 1 heterocycles. The molecule has 1 saturated heterocycles. The molecule has 0 radical (unpaired) electrons. The maximum atomic E-state index is 10.5. The van der Waals surface area contributed by atoms with Gasteiger partial charge in [0.2, 0.25) is 6.29 Å². The minimum Gasteiger partial charge on any atom is -0.462 e. The number of aliphatic hydroxyl groups is 3. The molecule has 0 aromatic heterocycles. The molecule has 2 rings (SSSR count). The summed E-state index contributed by atoms with van der Waals surface area (Å²) in [5.41, 5.74) is -0.0899. The van der Waals surface area contributed by atoms with Crippen molar-refractivity contribution < 1.29 is 29.7 Å². The van der Waals surface area contributed by atoms with E-state index in [4.69, 9.17) is 9.47 Å². The Balaban J connectivity index is 2.03. The standard InChI is InChI=1S/C11H13NO7/c13-8-5-18-11(10(15)9(8)14)19-7-3-1-6(2-4-7)12(16)17/h1-4,8-11,13-15H,5H2. The van der Waals surface area contributed by atoms with Crippen molar-refractivity contribution in [1.29, 1.82) is 0 Å². The number of non-ortho nitro benzene ring substituents is 1. The van der Waals surface area contributed by atoms with Gasteiger partial charge in [-0.3, -0.25) is 10.1 Å². The topological polar surface area (TPSA) is 122 Å². The predicted octanol–water partition coefficient (Wildman–Crippen LogP) is -0.587. The summed E-state index contributed by atoms with van der Waals surface area (Å²) in [5.74, 6) is 0.248. The summed E-state index contributed by atoms with van der Waals surface area (Å²) in [6, 6.07) is 5.20. The maximum Gasteiger partial charge on any atom is 0.269 e. The number of rotatable bonds is 3. The van der Waals surface area contributed by atoms with E-state index in [-0.39, 0.29) is 18.0 Å². The largest absolute Gasteiger partial charge is 0.462 e. The van der Waals surface area contributed by atoms with Crippen molar-refractivity contribution in [2.24, 2.45) is 0 Å². The fourth-order valence-corrected chi connectivity index (χ4v) is 1.66. The molecule has 1 aromatic rings. The van der Waals surface area contributed by atoms with Gasteiger partial charge in [0.1, 0.15) is 24.1 Å². The average molecular weight is 271 g/mol. The zero-order chi connectivity index (χ0) is 14.0. The highest BCUT2D eigenvalue weighted by Crippen LogP contribution is 2.22. The zero-order valence-electron chi connectivity index (χ0n) is 9.75. The second-order valence-electron chi connectivity index (χ2n) is 4.12. The summed E-state index contributed by atoms with van der Waals surface area (Å²) in [4.78, 5) is 9.93. The van der Waals surface area contributed by atoms with Gasteiger partial charge in [-0.15, -0.1) is 0 Å². The van der Waals surface area contributed by atoms with Gasteiger partial charge >= 0.3 is 0 Å². The van der Waals surface area contributed by atoms with Crippen LogP contribution in [-0.2, 0) is 4.74 Å². The molecule has 1 aromatic carbocycles. The lowest BCUT2D eigenvalue weighted by atomic mass is 10.1. The first-order valence-electron chi connectivity index (χ1n) is 5.56. The molecular weight excluding hydrogens is 258 g/mol. The van der Waals surface area contributed by atoms with E-state index in [1.165, 1.54) is 24.3 Å². The van der Waals surface area contributed by atoms with Crippen LogP contribution in [0.2, 0.25) is 0 Å². The highest BCUT2D eigenvalue weighted by molar-refractivity contribution is 5.36. The number of hydrogen-bond acceptors (Lipinski definition) is 7. The number of benzene rings is 1. The number of hydrogen-bond donors (Lipinski definition) is 3. The van der Waals surface area contributed by atoms with Gasteiger partial charge in [0.05, 0.1) is 11.5 Å². The van der Waals surface area contributed by atoms with Crippen molar-refractivity contribution in [2.45, 2.75) is 24.6 Å². The molecule has 104 valence electrons. The van der Waals surface area contributed by atoms with E-state index in [0.29, 0.717) is 0 Å². The van der Waals surface area contributed by atoms with Gasteiger partial charge in [-0.1, -0.05) is 0 Å². The Kier molecular flexibility index (Phi) is 3.96. The second-order valence-corrected chi connectivity index (χ2v) is 4.12. The Morgan fingerprint density at radius 2 is 1.84 bits per heavy atom. The lowest BCUT2D eigenvalue weighted by Crippen LogP contribution is -2.54. The van der Waals surface area contributed by atoms with Crippen molar-refractivity contribution >= 4 is 5.69 Å². The third-order valence-corrected chi connectivity index (χ3v) is 2.75. The first-order chi connectivity index (χ1) is 8.99. The second kappa shape index (κ2) is 5.49. The maximum absolute atomic E-state index is 10.5. The lowest BCUT2D eigenvalue weighted by molar-refractivity contribution is -0.384. The summed E-state index contributed by atoms with van der Waals surface area (Å²) < 4.78 is 10.3. The highest BCUT2D eigenvalue weighted by atomic mass is 16.7. The van der Waals surface area contributed by atoms with Crippen LogP contribution in [0.15, 0.2) is 24.3 Å². The number of nitro benzene ring substituents is 1. The van der Waals surface area contributed by atoms with Crippen LogP contribution in [0.3, 0.4) is 0 Å². The van der Waals surface area contributed by atoms with Crippen molar-refractivity contribution in [3.63, 3.8) is 0 Å². The van der Waals surface area contributed by atoms with Crippen LogP contribution in [0, 0.1) is 10.1 Å². The quantitative estimate of drug-likeness (QED) is 0.496. The summed E-state index contributed by atoms with van der Waals surface area (Å²) in [6.45, 7) is -0.171. The molecular formula is C11H13NO7. The average Bonchev–Trinajstić information content (AvgIpc) is 2.40. The van der Waals surface area contributed by atoms with E-state index >= 15 is 0 Å². The smallest absolute Gasteiger partial charge is 0.269 e. The minimum atomic E-state index is -1.40. The van der Waals surface area contributed by atoms with Gasteiger partial charge in [-0.25, -0.2) is 0 Å². The van der Waals surface area contributed by atoms with Crippen molar-refractivity contribution in [3.8, 4) is 5.75 Å². The molecule has 0 aliphatic carbocycles. The molecule has 0 bridgehead atoms. The highest BCUT2D eigenvalue weighted by Gasteiger charge is 2.38. The SMILES string of the molecule is O=[N+]([O-])c1ccc(OC2OCC(O)C(O)C2O)cc1. The van der Waals surface area contributed by atoms with Gasteiger partial charge in [0.25, 0.3) is 5.69 Å². The fraction of sp³-hybridized carbons (Fsp3) is 0.455. The molecule has 1 fully saturated rings. The van der Waals surface area contributed by atoms with E-state index in [0.717, 1.165) is 0 Å². The van der Waals surface area contributed by atoms with E-state index in [2.05, 4.69) is 0 Å². The third kappa shape index (κ3) is 2.99. The summed E-state index contributed by atoms with van der Waals surface area (Å²) in [5, 5.41) is 38.8. The van der Waals surface area contributed by atoms with Crippen LogP contribution in [0.4, 0.5) is 5.69 Å². The molecule has 3 N–H and O–H groups in total. The Hall–Kier alpha value is -1.74. The fourth-order valence-electron chi connectivity index (χ4n) is 1.66. The molecule has 0 saturated carbocycles. The summed E-state index contributed by atoms with van der Waals surface area (Å²) >= 11 is 0. The van der Waals surface area contributed by atoms with Gasteiger partial charge in [-0.2, -0.15) is 0 Å². The van der Waals surface area contributed by atoms with Gasteiger partial charge in [0.15, 0.2) is 0 Å². The molecule has 1 aliphatic rings. The Morgan fingerprint density at radius 3 is 2.42 bits per heavy atom. The van der Waals surface area contributed by atoms with Crippen molar-refractivity contribution in [2.75, 3.05) is 6.61 Å². The normalized spacial score (nSPS) is 30.9. The van der Waals surface area contributed by atoms with E-state index in [1.54, 1.807) is 0 Å². The molecule has 19 heavy (non-hydrogen) atoms. The van der Waals surface area contributed by atoms with Crippen LogP contribution in [0.1, 0.15) is 0 Å². The van der Waals surface area contributed by atoms with E-state index in [1.807, 2.05) is 0 Å². The number of aliphatic hydroxyl groups excluding tert-OH is 3. The molecule has 0 amide bonds. The molecule has 8 heteroatoms. The molecule has 1 aliphatic heterocycles. The Bertz CT molecular complexity index is 449. The predicted molar refractivity (Wildman–Crippen MR) is 61.5 cm³/mol. The van der Waals surface area contributed by atoms with Crippen LogP contribution >= 0.6 is 0 Å². The molecule has 8 nitrogen and oxygen atoms in total. The number of nitrogens with zero attached hydrogens (tertiary/aromatic N) is 1. The summed E-state index contributed by atoms with van der Waals surface area (Å²) in [7, 11) is 0. The Morgan fingerprint density at radius 1 is 1.21 bits per heavy atom. The van der Waals surface area contributed by atoms with E-state index in [9.17, 15) is 25.4 Å². The zero-order valence-corrected chi connectivity index (χ0v) is 9.75. The number of nitro groups is 1. The van der Waals surface area contributed by atoms with Gasteiger partial charge in [-0.05, 0) is 12.1 Å².